The maximum absolute atomic E-state index is 13.1. The fourth-order valence-electron chi connectivity index (χ4n) is 3.97. The van der Waals surface area contributed by atoms with Crippen LogP contribution in [0.15, 0.2) is 36.5 Å². The summed E-state index contributed by atoms with van der Waals surface area (Å²) < 4.78 is 0. The van der Waals surface area contributed by atoms with Crippen LogP contribution in [0.4, 0.5) is 5.95 Å². The predicted octanol–water partition coefficient (Wildman–Crippen LogP) is 1.95. The average Bonchev–Trinajstić information content (AvgIpc) is 3.14. The van der Waals surface area contributed by atoms with Gasteiger partial charge >= 0.3 is 0 Å². The number of carbonyl (C=O) groups is 2. The van der Waals surface area contributed by atoms with Crippen LogP contribution in [0.1, 0.15) is 36.0 Å². The van der Waals surface area contributed by atoms with E-state index in [1.54, 1.807) is 0 Å². The number of likely N-dealkylation sites (tertiary alicyclic amines) is 2. The minimum atomic E-state index is -0.0833. The van der Waals surface area contributed by atoms with Crippen LogP contribution in [0.25, 0.3) is 11.3 Å². The summed E-state index contributed by atoms with van der Waals surface area (Å²) in [4.78, 5) is 37.3. The summed E-state index contributed by atoms with van der Waals surface area (Å²) in [5, 5.41) is 0. The lowest BCUT2D eigenvalue weighted by Crippen LogP contribution is -2.47. The number of aromatic nitrogens is 2. The highest BCUT2D eigenvalue weighted by Gasteiger charge is 2.32. The lowest BCUT2D eigenvalue weighted by atomic mass is 10.0. The largest absolute Gasteiger partial charge is 0.368 e. The average molecular weight is 365 g/mol. The first kappa shape index (κ1) is 17.5. The second kappa shape index (κ2) is 7.34. The van der Waals surface area contributed by atoms with E-state index in [0.29, 0.717) is 30.8 Å². The molecule has 0 bridgehead atoms. The molecule has 0 atom stereocenters. The standard InChI is InChI=1S/C20H23N5O2/c21-20-22-13-16(18(23-20)14-5-2-1-3-6-14)19(27)24-11-8-15(9-12-24)25-10-4-7-17(25)26/h1-3,5-6,13,15H,4,7-12H2,(H2,21,22,23). The molecule has 2 aromatic rings. The van der Waals surface area contributed by atoms with Gasteiger partial charge in [-0.05, 0) is 19.3 Å². The van der Waals surface area contributed by atoms with Gasteiger partial charge in [-0.2, -0.15) is 0 Å². The van der Waals surface area contributed by atoms with Crippen LogP contribution in [0.3, 0.4) is 0 Å². The summed E-state index contributed by atoms with van der Waals surface area (Å²) in [6.45, 7) is 2.11. The van der Waals surface area contributed by atoms with Crippen molar-refractivity contribution < 1.29 is 9.59 Å². The molecule has 140 valence electrons. The molecule has 2 aliphatic heterocycles. The third-order valence-electron chi connectivity index (χ3n) is 5.39. The zero-order valence-corrected chi connectivity index (χ0v) is 15.2. The van der Waals surface area contributed by atoms with Crippen LogP contribution >= 0.6 is 0 Å². The highest BCUT2D eigenvalue weighted by molar-refractivity contribution is 5.99. The number of nitrogens with zero attached hydrogens (tertiary/aromatic N) is 4. The Labute approximate surface area is 158 Å². The Morgan fingerprint density at radius 1 is 1.11 bits per heavy atom. The smallest absolute Gasteiger partial charge is 0.257 e. The Hall–Kier alpha value is -2.96. The van der Waals surface area contributed by atoms with E-state index < -0.39 is 0 Å². The maximum Gasteiger partial charge on any atom is 0.257 e. The molecule has 1 aromatic heterocycles. The number of benzene rings is 1. The third kappa shape index (κ3) is 3.49. The lowest BCUT2D eigenvalue weighted by Gasteiger charge is -2.36. The van der Waals surface area contributed by atoms with Gasteiger partial charge in [-0.1, -0.05) is 30.3 Å². The molecule has 1 aromatic carbocycles. The Kier molecular flexibility index (Phi) is 4.75. The molecule has 27 heavy (non-hydrogen) atoms. The summed E-state index contributed by atoms with van der Waals surface area (Å²) in [6, 6.07) is 9.79. The van der Waals surface area contributed by atoms with Crippen LogP contribution in [0.2, 0.25) is 0 Å². The van der Waals surface area contributed by atoms with Crippen LogP contribution < -0.4 is 5.73 Å². The van der Waals surface area contributed by atoms with Gasteiger partial charge in [0.15, 0.2) is 0 Å². The topological polar surface area (TPSA) is 92.4 Å². The molecule has 2 aliphatic rings. The van der Waals surface area contributed by atoms with Crippen LogP contribution in [0, 0.1) is 0 Å². The van der Waals surface area contributed by atoms with Crippen LogP contribution in [-0.2, 0) is 4.79 Å². The number of hydrogen-bond donors (Lipinski definition) is 1. The van der Waals surface area contributed by atoms with Crippen molar-refractivity contribution in [2.45, 2.75) is 31.7 Å². The van der Waals surface area contributed by atoms with Gasteiger partial charge in [0.25, 0.3) is 5.91 Å². The van der Waals surface area contributed by atoms with Gasteiger partial charge in [0.05, 0.1) is 11.3 Å². The van der Waals surface area contributed by atoms with Crippen molar-refractivity contribution in [1.82, 2.24) is 19.8 Å². The predicted molar refractivity (Wildman–Crippen MR) is 102 cm³/mol. The first-order chi connectivity index (χ1) is 13.1. The van der Waals surface area contributed by atoms with E-state index >= 15 is 0 Å². The van der Waals surface area contributed by atoms with E-state index in [0.717, 1.165) is 31.4 Å². The van der Waals surface area contributed by atoms with E-state index in [1.807, 2.05) is 40.1 Å². The molecular weight excluding hydrogens is 342 g/mol. The Morgan fingerprint density at radius 3 is 2.52 bits per heavy atom. The SMILES string of the molecule is Nc1ncc(C(=O)N2CCC(N3CCCC3=O)CC2)c(-c2ccccc2)n1. The number of nitrogens with two attached hydrogens (primary N) is 1. The van der Waals surface area contributed by atoms with Gasteiger partial charge in [-0.25, -0.2) is 9.97 Å². The zero-order chi connectivity index (χ0) is 18.8. The van der Waals surface area contributed by atoms with Crippen molar-refractivity contribution in [2.24, 2.45) is 0 Å². The van der Waals surface area contributed by atoms with E-state index in [9.17, 15) is 9.59 Å². The van der Waals surface area contributed by atoms with Gasteiger partial charge in [0.1, 0.15) is 0 Å². The second-order valence-electron chi connectivity index (χ2n) is 7.07. The Bertz CT molecular complexity index is 847. The van der Waals surface area contributed by atoms with E-state index in [4.69, 9.17) is 5.73 Å². The number of rotatable bonds is 3. The molecule has 2 fully saturated rings. The van der Waals surface area contributed by atoms with Crippen molar-refractivity contribution in [3.05, 3.63) is 42.1 Å². The molecule has 4 rings (SSSR count). The molecule has 2 saturated heterocycles. The first-order valence-electron chi connectivity index (χ1n) is 9.40. The molecule has 2 amide bonds. The molecule has 2 N–H and O–H groups in total. The quantitative estimate of drug-likeness (QED) is 0.897. The summed E-state index contributed by atoms with van der Waals surface area (Å²) in [5.74, 6) is 0.315. The highest BCUT2D eigenvalue weighted by atomic mass is 16.2. The number of piperidine rings is 1. The van der Waals surface area contributed by atoms with E-state index in [1.165, 1.54) is 6.20 Å². The van der Waals surface area contributed by atoms with Gasteiger partial charge < -0.3 is 15.5 Å². The molecule has 0 unspecified atom stereocenters. The maximum atomic E-state index is 13.1. The normalized spacial score (nSPS) is 18.1. The zero-order valence-electron chi connectivity index (χ0n) is 15.2. The Balaban J connectivity index is 1.52. The van der Waals surface area contributed by atoms with Crippen LogP contribution in [-0.4, -0.2) is 57.3 Å². The molecule has 3 heterocycles. The van der Waals surface area contributed by atoms with E-state index in [-0.39, 0.29) is 23.8 Å². The highest BCUT2D eigenvalue weighted by Crippen LogP contribution is 2.26. The number of carbonyl (C=O) groups excluding carboxylic acids is 2. The molecule has 0 radical (unpaired) electrons. The fraction of sp³-hybridized carbons (Fsp3) is 0.400. The number of anilines is 1. The summed E-state index contributed by atoms with van der Waals surface area (Å²) in [5.41, 5.74) is 7.62. The third-order valence-corrected chi connectivity index (χ3v) is 5.39. The van der Waals surface area contributed by atoms with Gasteiger partial charge in [-0.3, -0.25) is 9.59 Å². The van der Waals surface area contributed by atoms with Crippen molar-refractivity contribution >= 4 is 17.8 Å². The van der Waals surface area contributed by atoms with Crippen molar-refractivity contribution in [3.8, 4) is 11.3 Å². The molecule has 7 nitrogen and oxygen atoms in total. The molecule has 0 saturated carbocycles. The molecule has 0 aliphatic carbocycles. The summed E-state index contributed by atoms with van der Waals surface area (Å²) in [7, 11) is 0. The summed E-state index contributed by atoms with van der Waals surface area (Å²) in [6.07, 6.45) is 4.74. The van der Waals surface area contributed by atoms with Crippen molar-refractivity contribution in [3.63, 3.8) is 0 Å². The Morgan fingerprint density at radius 2 is 1.85 bits per heavy atom. The first-order valence-corrected chi connectivity index (χ1v) is 9.40. The second-order valence-corrected chi connectivity index (χ2v) is 7.07. The monoisotopic (exact) mass is 365 g/mol. The number of amides is 2. The number of nitrogen functional groups attached to an aromatic ring is 1. The molecular formula is C20H23N5O2. The van der Waals surface area contributed by atoms with Crippen molar-refractivity contribution in [2.75, 3.05) is 25.4 Å². The van der Waals surface area contributed by atoms with Gasteiger partial charge in [-0.15, -0.1) is 0 Å². The van der Waals surface area contributed by atoms with Crippen molar-refractivity contribution in [1.29, 1.82) is 0 Å². The molecule has 7 heteroatoms. The van der Waals surface area contributed by atoms with E-state index in [2.05, 4.69) is 9.97 Å². The van der Waals surface area contributed by atoms with Gasteiger partial charge in [0.2, 0.25) is 11.9 Å². The minimum Gasteiger partial charge on any atom is -0.368 e. The summed E-state index contributed by atoms with van der Waals surface area (Å²) >= 11 is 0. The minimum absolute atomic E-state index is 0.0833. The van der Waals surface area contributed by atoms with Gasteiger partial charge in [0, 0.05) is 43.9 Å². The van der Waals surface area contributed by atoms with Crippen LogP contribution in [0.5, 0.6) is 0 Å². The molecule has 0 spiro atoms. The number of hydrogen-bond acceptors (Lipinski definition) is 5. The fourth-order valence-corrected chi connectivity index (χ4v) is 3.97. The lowest BCUT2D eigenvalue weighted by molar-refractivity contribution is -0.130.